The van der Waals surface area contributed by atoms with Crippen LogP contribution in [0.2, 0.25) is 10.0 Å². The number of carbonyl (C=O) groups is 1. The van der Waals surface area contributed by atoms with Crippen molar-refractivity contribution >= 4 is 44.8 Å². The highest BCUT2D eigenvalue weighted by molar-refractivity contribution is 7.92. The molecule has 8 nitrogen and oxygen atoms in total. The highest BCUT2D eigenvalue weighted by Crippen LogP contribution is 2.28. The molecule has 0 fully saturated rings. The predicted molar refractivity (Wildman–Crippen MR) is 129 cm³/mol. The summed E-state index contributed by atoms with van der Waals surface area (Å²) in [5.74, 6) is 0.439. The number of carbonyl (C=O) groups excluding carboxylic acids is 1. The summed E-state index contributed by atoms with van der Waals surface area (Å²) < 4.78 is 31.2. The number of rotatable bonds is 9. The summed E-state index contributed by atoms with van der Waals surface area (Å²) in [6, 6.07) is 12.2. The Morgan fingerprint density at radius 1 is 1.09 bits per heavy atom. The second-order valence-electron chi connectivity index (χ2n) is 7.56. The van der Waals surface area contributed by atoms with Crippen molar-refractivity contribution < 1.29 is 17.7 Å². The van der Waals surface area contributed by atoms with E-state index in [4.69, 9.17) is 27.7 Å². The van der Waals surface area contributed by atoms with Crippen LogP contribution in [0.25, 0.3) is 11.4 Å². The van der Waals surface area contributed by atoms with Gasteiger partial charge in [0, 0.05) is 30.6 Å². The van der Waals surface area contributed by atoms with Crippen LogP contribution in [0.1, 0.15) is 24.3 Å². The molecule has 0 aliphatic heterocycles. The van der Waals surface area contributed by atoms with Crippen LogP contribution in [0.15, 0.2) is 47.0 Å². The average Bonchev–Trinajstić information content (AvgIpc) is 3.21. The van der Waals surface area contributed by atoms with Gasteiger partial charge in [0.15, 0.2) is 0 Å². The van der Waals surface area contributed by atoms with E-state index in [1.54, 1.807) is 50.4 Å². The minimum atomic E-state index is -3.55. The van der Waals surface area contributed by atoms with Crippen molar-refractivity contribution in [1.29, 1.82) is 0 Å². The molecular weight excluding hydrogens is 487 g/mol. The van der Waals surface area contributed by atoms with Gasteiger partial charge in [-0.15, -0.1) is 0 Å². The fourth-order valence-electron chi connectivity index (χ4n) is 3.26. The average molecular weight is 511 g/mol. The second kappa shape index (κ2) is 10.5. The van der Waals surface area contributed by atoms with Crippen molar-refractivity contribution in [3.05, 3.63) is 64.0 Å². The molecule has 1 heterocycles. The van der Waals surface area contributed by atoms with Gasteiger partial charge in [-0.2, -0.15) is 4.98 Å². The van der Waals surface area contributed by atoms with E-state index in [9.17, 15) is 13.2 Å². The summed E-state index contributed by atoms with van der Waals surface area (Å²) in [5.41, 5.74) is 1.81. The molecule has 33 heavy (non-hydrogen) atoms. The number of benzene rings is 2. The molecular formula is C22H24Cl2N4O4S. The van der Waals surface area contributed by atoms with Gasteiger partial charge in [0.25, 0.3) is 0 Å². The van der Waals surface area contributed by atoms with E-state index < -0.39 is 10.0 Å². The Kier molecular flexibility index (Phi) is 7.99. The maximum Gasteiger partial charge on any atom is 0.246 e. The minimum absolute atomic E-state index is 0.124. The molecule has 1 aromatic heterocycles. The molecule has 3 rings (SSSR count). The quantitative estimate of drug-likeness (QED) is 0.418. The summed E-state index contributed by atoms with van der Waals surface area (Å²) in [7, 11) is -1.92. The lowest BCUT2D eigenvalue weighted by molar-refractivity contribution is -0.130. The number of sulfonamides is 1. The molecule has 1 amide bonds. The molecule has 0 saturated heterocycles. The van der Waals surface area contributed by atoms with Crippen LogP contribution in [0.4, 0.5) is 5.69 Å². The van der Waals surface area contributed by atoms with Crippen LogP contribution in [0, 0.1) is 6.92 Å². The fourth-order valence-corrected chi connectivity index (χ4v) is 4.66. The zero-order valence-corrected chi connectivity index (χ0v) is 20.8. The van der Waals surface area contributed by atoms with Gasteiger partial charge in [-0.3, -0.25) is 9.10 Å². The molecule has 0 atom stereocenters. The van der Waals surface area contributed by atoms with Gasteiger partial charge in [0.2, 0.25) is 27.6 Å². The number of hydrogen-bond acceptors (Lipinski definition) is 6. The van der Waals surface area contributed by atoms with Crippen LogP contribution in [-0.2, 0) is 21.4 Å². The van der Waals surface area contributed by atoms with Gasteiger partial charge in [0.1, 0.15) is 0 Å². The van der Waals surface area contributed by atoms with Gasteiger partial charge >= 0.3 is 0 Å². The monoisotopic (exact) mass is 510 g/mol. The third-order valence-corrected chi connectivity index (χ3v) is 6.96. The van der Waals surface area contributed by atoms with E-state index in [0.29, 0.717) is 39.1 Å². The SMILES string of the molecule is Cc1c(Cl)cccc1N(CCCC(=O)N(C)Cc1nc(-c2ccccc2Cl)no1)S(C)(=O)=O. The zero-order chi connectivity index (χ0) is 24.2. The maximum atomic E-state index is 12.6. The number of hydrogen-bond donors (Lipinski definition) is 0. The van der Waals surface area contributed by atoms with Crippen molar-refractivity contribution in [2.24, 2.45) is 0 Å². The Balaban J connectivity index is 1.60. The number of aromatic nitrogens is 2. The second-order valence-corrected chi connectivity index (χ2v) is 10.3. The van der Waals surface area contributed by atoms with Crippen LogP contribution < -0.4 is 4.31 Å². The van der Waals surface area contributed by atoms with E-state index in [2.05, 4.69) is 10.1 Å². The summed E-state index contributed by atoms with van der Waals surface area (Å²) in [6.45, 7) is 2.03. The molecule has 0 radical (unpaired) electrons. The Morgan fingerprint density at radius 2 is 1.79 bits per heavy atom. The lowest BCUT2D eigenvalue weighted by Gasteiger charge is -2.25. The highest BCUT2D eigenvalue weighted by atomic mass is 35.5. The first kappa shape index (κ1) is 25.0. The number of amides is 1. The number of anilines is 1. The summed E-state index contributed by atoms with van der Waals surface area (Å²) >= 11 is 12.3. The molecule has 0 bridgehead atoms. The summed E-state index contributed by atoms with van der Waals surface area (Å²) in [5, 5.41) is 4.91. The maximum absolute atomic E-state index is 12.6. The summed E-state index contributed by atoms with van der Waals surface area (Å²) in [4.78, 5) is 18.4. The molecule has 3 aromatic rings. The third kappa shape index (κ3) is 6.25. The van der Waals surface area contributed by atoms with Crippen molar-refractivity contribution in [2.45, 2.75) is 26.3 Å². The standard InChI is InChI=1S/C22H24Cl2N4O4S/c1-15-17(23)10-6-11-19(15)28(33(3,30)31)13-7-12-21(29)27(2)14-20-25-22(26-32-20)16-8-4-5-9-18(16)24/h4-6,8-11H,7,12-14H2,1-3H3. The largest absolute Gasteiger partial charge is 0.337 e. The lowest BCUT2D eigenvalue weighted by Crippen LogP contribution is -2.33. The smallest absolute Gasteiger partial charge is 0.246 e. The van der Waals surface area contributed by atoms with Gasteiger partial charge in [-0.25, -0.2) is 8.42 Å². The molecule has 0 aliphatic carbocycles. The van der Waals surface area contributed by atoms with Gasteiger partial charge < -0.3 is 9.42 Å². The van der Waals surface area contributed by atoms with Crippen molar-refractivity contribution in [1.82, 2.24) is 15.0 Å². The number of nitrogens with zero attached hydrogens (tertiary/aromatic N) is 4. The topological polar surface area (TPSA) is 96.6 Å². The first-order valence-electron chi connectivity index (χ1n) is 10.1. The van der Waals surface area contributed by atoms with E-state index in [1.807, 2.05) is 6.07 Å². The van der Waals surface area contributed by atoms with Gasteiger partial charge in [-0.05, 0) is 43.2 Å². The number of halogens is 2. The van der Waals surface area contributed by atoms with Crippen molar-refractivity contribution in [3.8, 4) is 11.4 Å². The molecule has 0 aliphatic rings. The Morgan fingerprint density at radius 3 is 2.48 bits per heavy atom. The normalized spacial score (nSPS) is 11.4. The Labute approximate surface area is 203 Å². The fraction of sp³-hybridized carbons (Fsp3) is 0.318. The molecule has 0 unspecified atom stereocenters. The third-order valence-electron chi connectivity index (χ3n) is 5.04. The molecule has 2 aromatic carbocycles. The minimum Gasteiger partial charge on any atom is -0.337 e. The van der Waals surface area contributed by atoms with Crippen LogP contribution in [0.3, 0.4) is 0 Å². The van der Waals surface area contributed by atoms with Crippen LogP contribution in [0.5, 0.6) is 0 Å². The first-order chi connectivity index (χ1) is 15.6. The molecule has 176 valence electrons. The van der Waals surface area contributed by atoms with Gasteiger partial charge in [0.05, 0.1) is 23.5 Å². The molecule has 0 N–H and O–H groups in total. The predicted octanol–water partition coefficient (Wildman–Crippen LogP) is 4.56. The lowest BCUT2D eigenvalue weighted by atomic mass is 10.2. The van der Waals surface area contributed by atoms with E-state index in [1.165, 1.54) is 9.21 Å². The highest BCUT2D eigenvalue weighted by Gasteiger charge is 2.21. The zero-order valence-electron chi connectivity index (χ0n) is 18.5. The first-order valence-corrected chi connectivity index (χ1v) is 12.7. The van der Waals surface area contributed by atoms with Gasteiger partial charge in [-0.1, -0.05) is 46.6 Å². The van der Waals surface area contributed by atoms with E-state index in [-0.39, 0.29) is 31.3 Å². The van der Waals surface area contributed by atoms with Crippen molar-refractivity contribution in [3.63, 3.8) is 0 Å². The molecule has 11 heteroatoms. The van der Waals surface area contributed by atoms with Crippen molar-refractivity contribution in [2.75, 3.05) is 24.2 Å². The Hall–Kier alpha value is -2.62. The van der Waals surface area contributed by atoms with Crippen LogP contribution in [-0.4, -0.2) is 49.2 Å². The Bertz CT molecular complexity index is 1250. The van der Waals surface area contributed by atoms with Crippen LogP contribution >= 0.6 is 23.2 Å². The van der Waals surface area contributed by atoms with E-state index >= 15 is 0 Å². The molecule has 0 spiro atoms. The summed E-state index contributed by atoms with van der Waals surface area (Å²) in [6.07, 6.45) is 1.61. The molecule has 0 saturated carbocycles. The van der Waals surface area contributed by atoms with E-state index in [0.717, 1.165) is 6.26 Å².